The second-order valence-corrected chi connectivity index (χ2v) is 10.4. The Morgan fingerprint density at radius 3 is 2.45 bits per heavy atom. The molecule has 0 aliphatic heterocycles. The molecule has 1 saturated carbocycles. The molecule has 0 radical (unpaired) electrons. The molecule has 0 saturated heterocycles. The molecule has 1 aliphatic rings. The van der Waals surface area contributed by atoms with E-state index in [1.54, 1.807) is 49.4 Å². The van der Waals surface area contributed by atoms with Crippen LogP contribution in [0.2, 0.25) is 0 Å². The van der Waals surface area contributed by atoms with Gasteiger partial charge in [-0.05, 0) is 78.8 Å². The molecule has 5 N–H and O–H groups in total. The number of rotatable bonds is 11. The summed E-state index contributed by atoms with van der Waals surface area (Å²) < 4.78 is 48.1. The maximum Gasteiger partial charge on any atom is 0.435 e. The number of ether oxygens (including phenoxy) is 1. The summed E-state index contributed by atoms with van der Waals surface area (Å²) in [5.41, 5.74) is 8.01. The normalized spacial score (nSPS) is 14.8. The van der Waals surface area contributed by atoms with E-state index in [0.717, 1.165) is 40.4 Å². The number of aliphatic hydroxyl groups is 1. The van der Waals surface area contributed by atoms with Crippen molar-refractivity contribution in [1.82, 2.24) is 9.78 Å². The lowest BCUT2D eigenvalue weighted by atomic mass is 10.00. The van der Waals surface area contributed by atoms with E-state index < -0.39 is 30.1 Å². The smallest absolute Gasteiger partial charge is 0.374 e. The first kappa shape index (κ1) is 29.3. The first-order valence-corrected chi connectivity index (χ1v) is 13.6. The van der Waals surface area contributed by atoms with E-state index in [4.69, 9.17) is 10.5 Å². The minimum Gasteiger partial charge on any atom is -0.374 e. The Hall–Kier alpha value is -4.19. The van der Waals surface area contributed by atoms with Crippen molar-refractivity contribution in [3.05, 3.63) is 107 Å². The Morgan fingerprint density at radius 1 is 1.05 bits per heavy atom. The molecule has 1 aromatic heterocycles. The van der Waals surface area contributed by atoms with Crippen molar-refractivity contribution >= 4 is 17.3 Å². The summed E-state index contributed by atoms with van der Waals surface area (Å²) in [6.45, 7) is 2.39. The highest BCUT2D eigenvalue weighted by Gasteiger charge is 2.36. The highest BCUT2D eigenvalue weighted by molar-refractivity contribution is 6.03. The van der Waals surface area contributed by atoms with Crippen LogP contribution < -0.4 is 16.4 Å². The lowest BCUT2D eigenvalue weighted by molar-refractivity contribution is -0.141. The monoisotopic (exact) mass is 579 g/mol. The van der Waals surface area contributed by atoms with Crippen LogP contribution in [0, 0.1) is 5.92 Å². The highest BCUT2D eigenvalue weighted by atomic mass is 19.4. The second-order valence-electron chi connectivity index (χ2n) is 10.4. The van der Waals surface area contributed by atoms with Crippen molar-refractivity contribution in [2.75, 3.05) is 17.2 Å². The number of halogens is 3. The van der Waals surface area contributed by atoms with Crippen molar-refractivity contribution in [3.63, 3.8) is 0 Å². The summed E-state index contributed by atoms with van der Waals surface area (Å²) in [4.78, 5) is 13.4. The summed E-state index contributed by atoms with van der Waals surface area (Å²) in [5, 5.41) is 19.0. The van der Waals surface area contributed by atoms with Crippen molar-refractivity contribution in [1.29, 1.82) is 0 Å². The number of anilines is 2. The second kappa shape index (κ2) is 12.4. The van der Waals surface area contributed by atoms with E-state index >= 15 is 0 Å². The molecule has 2 atom stereocenters. The number of nitrogens with two attached hydrogens (primary N) is 1. The van der Waals surface area contributed by atoms with Crippen molar-refractivity contribution in [2.24, 2.45) is 11.7 Å². The van der Waals surface area contributed by atoms with Gasteiger partial charge in [-0.1, -0.05) is 36.4 Å². The Labute approximate surface area is 241 Å². The molecule has 220 valence electrons. The lowest BCUT2D eigenvalue weighted by Gasteiger charge is -2.21. The van der Waals surface area contributed by atoms with Crippen molar-refractivity contribution in [3.8, 4) is 5.69 Å². The van der Waals surface area contributed by atoms with E-state index in [1.165, 1.54) is 0 Å². The summed E-state index contributed by atoms with van der Waals surface area (Å²) in [6, 6.07) is 21.8. The molecule has 1 heterocycles. The van der Waals surface area contributed by atoms with Gasteiger partial charge in [0, 0.05) is 24.0 Å². The van der Waals surface area contributed by atoms with Gasteiger partial charge >= 0.3 is 6.18 Å². The van der Waals surface area contributed by atoms with Crippen LogP contribution in [0.3, 0.4) is 0 Å². The summed E-state index contributed by atoms with van der Waals surface area (Å²) in [7, 11) is 0. The topological polar surface area (TPSA) is 114 Å². The Bertz CT molecular complexity index is 1530. The zero-order valence-corrected chi connectivity index (χ0v) is 22.9. The van der Waals surface area contributed by atoms with Gasteiger partial charge in [-0.2, -0.15) is 18.3 Å². The molecule has 1 aliphatic carbocycles. The van der Waals surface area contributed by atoms with Gasteiger partial charge in [-0.3, -0.25) is 4.79 Å². The lowest BCUT2D eigenvalue weighted by Crippen LogP contribution is -2.17. The van der Waals surface area contributed by atoms with Crippen LogP contribution >= 0.6 is 0 Å². The number of carbonyl (C=O) groups excluding carboxylic acids is 1. The van der Waals surface area contributed by atoms with E-state index in [-0.39, 0.29) is 17.9 Å². The van der Waals surface area contributed by atoms with Crippen LogP contribution in [-0.4, -0.2) is 33.6 Å². The molecule has 1 fully saturated rings. The fraction of sp³-hybridized carbons (Fsp3) is 0.290. The van der Waals surface area contributed by atoms with Crippen LogP contribution in [0.4, 0.5) is 24.5 Å². The predicted molar refractivity (Wildman–Crippen MR) is 153 cm³/mol. The number of benzene rings is 3. The molecular weight excluding hydrogens is 547 g/mol. The Balaban J connectivity index is 1.43. The summed E-state index contributed by atoms with van der Waals surface area (Å²) in [6.07, 6.45) is -3.66. The first-order valence-electron chi connectivity index (χ1n) is 13.6. The van der Waals surface area contributed by atoms with Gasteiger partial charge in [0.25, 0.3) is 5.91 Å². The average Bonchev–Trinajstić information content (AvgIpc) is 3.67. The van der Waals surface area contributed by atoms with Crippen LogP contribution in [-0.2, 0) is 17.5 Å². The fourth-order valence-electron chi connectivity index (χ4n) is 4.57. The molecule has 1 amide bonds. The fourth-order valence-corrected chi connectivity index (χ4v) is 4.57. The van der Waals surface area contributed by atoms with Crippen LogP contribution in [0.5, 0.6) is 0 Å². The predicted octanol–water partition coefficient (Wildman–Crippen LogP) is 5.87. The van der Waals surface area contributed by atoms with Gasteiger partial charge in [-0.25, -0.2) is 4.68 Å². The van der Waals surface area contributed by atoms with Gasteiger partial charge in [0.15, 0.2) is 5.69 Å². The maximum absolute atomic E-state index is 13.6. The molecule has 3 aromatic carbocycles. The van der Waals surface area contributed by atoms with Gasteiger partial charge in [0.1, 0.15) is 18.0 Å². The third kappa shape index (κ3) is 7.17. The minimum absolute atomic E-state index is 0.180. The molecule has 0 spiro atoms. The number of hydrogen-bond acceptors (Lipinski definition) is 6. The number of nitrogens with zero attached hydrogens (tertiary/aromatic N) is 2. The van der Waals surface area contributed by atoms with Gasteiger partial charge in [0.05, 0.1) is 12.3 Å². The number of amides is 1. The van der Waals surface area contributed by atoms with E-state index in [0.29, 0.717) is 23.8 Å². The average molecular weight is 580 g/mol. The molecule has 0 bridgehead atoms. The Kier molecular flexibility index (Phi) is 8.62. The zero-order chi connectivity index (χ0) is 29.9. The van der Waals surface area contributed by atoms with Crippen LogP contribution in [0.25, 0.3) is 5.69 Å². The van der Waals surface area contributed by atoms with Gasteiger partial charge in [-0.15, -0.1) is 0 Å². The van der Waals surface area contributed by atoms with Crippen LogP contribution in [0.15, 0.2) is 78.9 Å². The van der Waals surface area contributed by atoms with Crippen LogP contribution in [0.1, 0.15) is 58.7 Å². The maximum atomic E-state index is 13.6. The molecular formula is C31H32F3N5O3. The third-order valence-electron chi connectivity index (χ3n) is 6.86. The number of aromatic nitrogens is 2. The third-order valence-corrected chi connectivity index (χ3v) is 6.86. The summed E-state index contributed by atoms with van der Waals surface area (Å²) >= 11 is 0. The van der Waals surface area contributed by atoms with E-state index in [9.17, 15) is 23.1 Å². The Morgan fingerprint density at radius 2 is 1.79 bits per heavy atom. The number of alkyl halides is 3. The van der Waals surface area contributed by atoms with E-state index in [2.05, 4.69) is 15.7 Å². The standard InChI is InChI=1S/C31H32F3N5O3/c1-19(40)36-24-12-10-22(11-13-24)29(42-18-20-8-9-20)23-5-3-6-25(15-23)37-30(41)27-16-28(31(32,33)34)38-39(27)26-7-2-4-21(14-26)17-35/h2-7,10-16,19-20,29,36,40H,8-9,17-18,35H2,1H3,(H,37,41). The molecule has 8 nitrogen and oxygen atoms in total. The number of nitrogens with one attached hydrogen (secondary N) is 2. The van der Waals surface area contributed by atoms with Gasteiger partial charge in [0.2, 0.25) is 0 Å². The minimum atomic E-state index is -4.74. The number of aliphatic hydroxyl groups excluding tert-OH is 1. The number of hydrogen-bond donors (Lipinski definition) is 4. The van der Waals surface area contributed by atoms with Gasteiger partial charge < -0.3 is 26.2 Å². The quantitative estimate of drug-likeness (QED) is 0.165. The molecule has 5 rings (SSSR count). The van der Waals surface area contributed by atoms with Crippen molar-refractivity contribution < 1.29 is 27.8 Å². The number of carbonyl (C=O) groups is 1. The highest BCUT2D eigenvalue weighted by Crippen LogP contribution is 2.35. The zero-order valence-electron chi connectivity index (χ0n) is 22.9. The SMILES string of the molecule is CC(O)Nc1ccc(C(OCC2CC2)c2cccc(NC(=O)c3cc(C(F)(F)F)nn3-c3cccc(CN)c3)c2)cc1. The van der Waals surface area contributed by atoms with Crippen molar-refractivity contribution in [2.45, 2.75) is 44.8 Å². The molecule has 4 aromatic rings. The molecule has 11 heteroatoms. The molecule has 42 heavy (non-hydrogen) atoms. The molecule has 2 unspecified atom stereocenters. The largest absolute Gasteiger partial charge is 0.435 e. The first-order chi connectivity index (χ1) is 20.1. The summed E-state index contributed by atoms with van der Waals surface area (Å²) in [5.74, 6) is -0.246. The van der Waals surface area contributed by atoms with E-state index in [1.807, 2.05) is 30.3 Å².